The molecule has 2 saturated heterocycles. The number of benzene rings is 1. The minimum Gasteiger partial charge on any atom is -0.352 e. The molecule has 3 amide bonds. The van der Waals surface area contributed by atoms with E-state index in [0.29, 0.717) is 13.1 Å². The van der Waals surface area contributed by atoms with Gasteiger partial charge in [0, 0.05) is 24.8 Å². The van der Waals surface area contributed by atoms with Crippen molar-refractivity contribution in [1.29, 1.82) is 0 Å². The maximum Gasteiger partial charge on any atom is 0.326 e. The first-order chi connectivity index (χ1) is 11.9. The third-order valence-corrected chi connectivity index (χ3v) is 4.04. The molecule has 3 rings (SSSR count). The van der Waals surface area contributed by atoms with Crippen LogP contribution in [0.5, 0.6) is 0 Å². The van der Waals surface area contributed by atoms with Gasteiger partial charge >= 0.3 is 11.8 Å². The molecule has 0 aliphatic carbocycles. The van der Waals surface area contributed by atoms with Crippen LogP contribution >= 0.6 is 0 Å². The number of rotatable bonds is 4. The molecule has 0 aromatic heterocycles. The van der Waals surface area contributed by atoms with E-state index in [2.05, 4.69) is 10.7 Å². The molecule has 0 radical (unpaired) electrons. The second kappa shape index (κ2) is 6.67. The molecule has 1 aromatic rings. The molecule has 25 heavy (non-hydrogen) atoms. The molecule has 2 aliphatic rings. The van der Waals surface area contributed by atoms with Crippen molar-refractivity contribution in [2.24, 2.45) is 0 Å². The molecule has 9 heteroatoms. The Kier molecular flexibility index (Phi) is 4.58. The molecule has 0 bridgehead atoms. The van der Waals surface area contributed by atoms with E-state index in [1.165, 1.54) is 17.0 Å². The number of hydrazine groups is 1. The maximum absolute atomic E-state index is 13.1. The summed E-state index contributed by atoms with van der Waals surface area (Å²) in [6.45, 7) is 4.22. The van der Waals surface area contributed by atoms with Gasteiger partial charge in [-0.15, -0.1) is 0 Å². The van der Waals surface area contributed by atoms with Crippen molar-refractivity contribution in [3.63, 3.8) is 0 Å². The van der Waals surface area contributed by atoms with Crippen molar-refractivity contribution < 1.29 is 18.8 Å². The summed E-state index contributed by atoms with van der Waals surface area (Å²) in [6, 6.07) is 5.82. The summed E-state index contributed by atoms with van der Waals surface area (Å²) in [5, 5.41) is 3.71. The molecule has 8 nitrogen and oxygen atoms in total. The normalized spacial score (nSPS) is 20.3. The maximum atomic E-state index is 13.1. The van der Waals surface area contributed by atoms with Gasteiger partial charge in [0.2, 0.25) is 5.91 Å². The molecule has 2 fully saturated rings. The van der Waals surface area contributed by atoms with Gasteiger partial charge in [-0.3, -0.25) is 24.3 Å². The molecule has 1 unspecified atom stereocenters. The fraction of sp³-hybridized carbons (Fsp3) is 0.438. The van der Waals surface area contributed by atoms with E-state index in [4.69, 9.17) is 0 Å². The van der Waals surface area contributed by atoms with Crippen LogP contribution in [0.1, 0.15) is 13.8 Å². The van der Waals surface area contributed by atoms with E-state index in [0.717, 1.165) is 10.7 Å². The lowest BCUT2D eigenvalue weighted by Crippen LogP contribution is -2.68. The van der Waals surface area contributed by atoms with Gasteiger partial charge in [0.25, 0.3) is 0 Å². The Morgan fingerprint density at radius 1 is 1.20 bits per heavy atom. The van der Waals surface area contributed by atoms with Crippen LogP contribution in [0.15, 0.2) is 24.3 Å². The number of nitrogens with one attached hydrogen (secondary N) is 2. The first-order valence-electron chi connectivity index (χ1n) is 8.07. The highest BCUT2D eigenvalue weighted by Gasteiger charge is 2.45. The van der Waals surface area contributed by atoms with Gasteiger partial charge in [-0.25, -0.2) is 4.39 Å². The Morgan fingerprint density at radius 2 is 1.84 bits per heavy atom. The highest BCUT2D eigenvalue weighted by Crippen LogP contribution is 2.25. The smallest absolute Gasteiger partial charge is 0.326 e. The number of hydrogen-bond acceptors (Lipinski definition) is 5. The average molecular weight is 349 g/mol. The zero-order valence-corrected chi connectivity index (χ0v) is 14.0. The first-order valence-corrected chi connectivity index (χ1v) is 8.07. The van der Waals surface area contributed by atoms with E-state index in [9.17, 15) is 18.8 Å². The molecular weight excluding hydrogens is 329 g/mol. The van der Waals surface area contributed by atoms with Crippen LogP contribution in [-0.2, 0) is 14.4 Å². The molecule has 0 spiro atoms. The summed E-state index contributed by atoms with van der Waals surface area (Å²) in [6.07, 6.45) is -0.595. The quantitative estimate of drug-likeness (QED) is 0.725. The Hall–Kier alpha value is -2.68. The number of fused-ring (bicyclic) bond motifs is 1. The van der Waals surface area contributed by atoms with Crippen LogP contribution in [0.2, 0.25) is 0 Å². The van der Waals surface area contributed by atoms with Crippen LogP contribution in [0, 0.1) is 5.82 Å². The van der Waals surface area contributed by atoms with E-state index >= 15 is 0 Å². The summed E-state index contributed by atoms with van der Waals surface area (Å²) < 4.78 is 13.1. The number of nitrogens with zero attached hydrogens (tertiary/aromatic N) is 3. The lowest BCUT2D eigenvalue weighted by molar-refractivity contribution is -0.163. The fourth-order valence-electron chi connectivity index (χ4n) is 2.95. The van der Waals surface area contributed by atoms with E-state index in [-0.39, 0.29) is 24.3 Å². The molecule has 1 aromatic carbocycles. The molecule has 2 aliphatic heterocycles. The summed E-state index contributed by atoms with van der Waals surface area (Å²) in [5.74, 6) is -2.14. The van der Waals surface area contributed by atoms with Crippen molar-refractivity contribution in [3.05, 3.63) is 30.1 Å². The van der Waals surface area contributed by atoms with Crippen LogP contribution in [0.25, 0.3) is 0 Å². The summed E-state index contributed by atoms with van der Waals surface area (Å²) in [7, 11) is 0. The minimum atomic E-state index is -0.767. The number of anilines is 1. The first kappa shape index (κ1) is 17.2. The van der Waals surface area contributed by atoms with Crippen LogP contribution in [-0.4, -0.2) is 59.6 Å². The third-order valence-electron chi connectivity index (χ3n) is 4.04. The number of halogens is 1. The van der Waals surface area contributed by atoms with Crippen LogP contribution < -0.4 is 15.6 Å². The van der Waals surface area contributed by atoms with E-state index in [1.807, 2.05) is 18.7 Å². The van der Waals surface area contributed by atoms with Gasteiger partial charge < -0.3 is 10.2 Å². The number of amides is 3. The largest absolute Gasteiger partial charge is 0.352 e. The van der Waals surface area contributed by atoms with Crippen LogP contribution in [0.4, 0.5) is 10.1 Å². The molecule has 0 saturated carbocycles. The standard InChI is InChI=1S/C16H20FN5O3/c1-10(2)18-13(23)9-22-15(25)14(24)21-8-7-20(16(21)19-22)12-5-3-11(17)4-6-12/h3-6,10,16,19H,7-9H2,1-2H3,(H,18,23). The predicted octanol–water partition coefficient (Wildman–Crippen LogP) is -0.371. The number of hydrogen-bond donors (Lipinski definition) is 2. The van der Waals surface area contributed by atoms with Gasteiger partial charge in [0.1, 0.15) is 12.4 Å². The van der Waals surface area contributed by atoms with E-state index in [1.54, 1.807) is 12.1 Å². The Bertz CT molecular complexity index is 694. The minimum absolute atomic E-state index is 0.0678. The second-order valence-electron chi connectivity index (χ2n) is 6.28. The number of carbonyl (C=O) groups excluding carboxylic acids is 3. The molecule has 2 N–H and O–H groups in total. The predicted molar refractivity (Wildman–Crippen MR) is 87.4 cm³/mol. The van der Waals surface area contributed by atoms with Gasteiger partial charge in [0.15, 0.2) is 6.29 Å². The molecule has 2 heterocycles. The zero-order chi connectivity index (χ0) is 18.1. The average Bonchev–Trinajstić information content (AvgIpc) is 2.96. The summed E-state index contributed by atoms with van der Waals surface area (Å²) in [5.41, 5.74) is 3.64. The van der Waals surface area contributed by atoms with Crippen molar-refractivity contribution >= 4 is 23.4 Å². The Balaban J connectivity index is 1.77. The zero-order valence-electron chi connectivity index (χ0n) is 14.0. The van der Waals surface area contributed by atoms with Gasteiger partial charge in [0.05, 0.1) is 0 Å². The second-order valence-corrected chi connectivity index (χ2v) is 6.28. The summed E-state index contributed by atoms with van der Waals surface area (Å²) >= 11 is 0. The van der Waals surface area contributed by atoms with E-state index < -0.39 is 18.1 Å². The van der Waals surface area contributed by atoms with Crippen molar-refractivity contribution in [2.45, 2.75) is 26.2 Å². The highest BCUT2D eigenvalue weighted by atomic mass is 19.1. The van der Waals surface area contributed by atoms with Gasteiger partial charge in [-0.2, -0.15) is 5.43 Å². The lowest BCUT2D eigenvalue weighted by Gasteiger charge is -2.40. The number of carbonyl (C=O) groups is 3. The lowest BCUT2D eigenvalue weighted by atomic mass is 10.3. The molecular formula is C16H20FN5O3. The van der Waals surface area contributed by atoms with Gasteiger partial charge in [-0.05, 0) is 38.1 Å². The van der Waals surface area contributed by atoms with Crippen molar-refractivity contribution in [1.82, 2.24) is 20.7 Å². The van der Waals surface area contributed by atoms with Crippen molar-refractivity contribution in [2.75, 3.05) is 24.5 Å². The van der Waals surface area contributed by atoms with Crippen molar-refractivity contribution in [3.8, 4) is 0 Å². The molecule has 1 atom stereocenters. The van der Waals surface area contributed by atoms with Gasteiger partial charge in [-0.1, -0.05) is 0 Å². The fourth-order valence-corrected chi connectivity index (χ4v) is 2.95. The molecule has 134 valence electrons. The SMILES string of the molecule is CC(C)NC(=O)CN1NC2N(CCN2c2ccc(F)cc2)C(=O)C1=O. The monoisotopic (exact) mass is 349 g/mol. The summed E-state index contributed by atoms with van der Waals surface area (Å²) in [4.78, 5) is 39.7. The topological polar surface area (TPSA) is 85.0 Å². The Labute approximate surface area is 144 Å². The highest BCUT2D eigenvalue weighted by molar-refractivity contribution is 6.35. The Morgan fingerprint density at radius 3 is 2.48 bits per heavy atom. The third kappa shape index (κ3) is 3.41. The van der Waals surface area contributed by atoms with Crippen LogP contribution in [0.3, 0.4) is 0 Å².